The van der Waals surface area contributed by atoms with Gasteiger partial charge in [-0.1, -0.05) is 35.9 Å². The van der Waals surface area contributed by atoms with Gasteiger partial charge in [0.05, 0.1) is 43.0 Å². The van der Waals surface area contributed by atoms with Crippen LogP contribution >= 0.6 is 11.6 Å². The summed E-state index contributed by atoms with van der Waals surface area (Å²) >= 11 is 6.29. The van der Waals surface area contributed by atoms with Gasteiger partial charge in [0.1, 0.15) is 18.1 Å². The molecule has 1 heterocycles. The first-order valence-electron chi connectivity index (χ1n) is 12.9. The minimum absolute atomic E-state index is 0.0294. The Bertz CT molecular complexity index is 1400. The van der Waals surface area contributed by atoms with Crippen molar-refractivity contribution in [2.45, 2.75) is 32.2 Å². The number of para-hydroxylation sites is 1. The Balaban J connectivity index is 1.35. The minimum Gasteiger partial charge on any atom is -0.495 e. The third-order valence-corrected chi connectivity index (χ3v) is 7.04. The molecule has 1 fully saturated rings. The number of amides is 3. The molecule has 0 saturated carbocycles. The molecule has 2 N–H and O–H groups in total. The number of likely N-dealkylation sites (tertiary alicyclic amines) is 1. The third-order valence-electron chi connectivity index (χ3n) is 6.74. The van der Waals surface area contributed by atoms with Crippen LogP contribution < -0.4 is 20.1 Å². The standard InChI is InChI=1S/C30H32ClN3O6/c1-19-7-4-5-9-24(19)32-30(37)33-25-12-10-20(15-27(25)38-2)16-28(35)34-14-6-8-22(34)18-40-26-13-11-21(17-23(26)31)29(36)39-3/h4-5,7,9-13,15,17,22H,6,8,14,16,18H2,1-3H3,(H2,32,33,37). The van der Waals surface area contributed by atoms with E-state index in [1.165, 1.54) is 20.3 Å². The summed E-state index contributed by atoms with van der Waals surface area (Å²) in [6.07, 6.45) is 1.86. The number of aryl methyl sites for hydroxylation is 1. The second-order valence-corrected chi connectivity index (χ2v) is 9.84. The molecule has 9 nitrogen and oxygen atoms in total. The Morgan fingerprint density at radius 2 is 1.75 bits per heavy atom. The van der Waals surface area contributed by atoms with Crippen molar-refractivity contribution >= 4 is 40.9 Å². The number of nitrogens with one attached hydrogen (secondary N) is 2. The lowest BCUT2D eigenvalue weighted by molar-refractivity contribution is -0.131. The summed E-state index contributed by atoms with van der Waals surface area (Å²) in [4.78, 5) is 39.3. The van der Waals surface area contributed by atoms with Crippen LogP contribution in [-0.4, -0.2) is 56.2 Å². The number of ether oxygens (including phenoxy) is 3. The van der Waals surface area contributed by atoms with Gasteiger partial charge in [-0.15, -0.1) is 0 Å². The summed E-state index contributed by atoms with van der Waals surface area (Å²) < 4.78 is 16.1. The molecule has 0 radical (unpaired) electrons. The molecule has 1 saturated heterocycles. The van der Waals surface area contributed by atoms with Crippen molar-refractivity contribution in [3.63, 3.8) is 0 Å². The zero-order valence-electron chi connectivity index (χ0n) is 22.7. The van der Waals surface area contributed by atoms with E-state index in [1.54, 1.807) is 30.3 Å². The molecule has 0 aromatic heterocycles. The fraction of sp³-hybridized carbons (Fsp3) is 0.300. The van der Waals surface area contributed by atoms with Crippen molar-refractivity contribution in [1.29, 1.82) is 0 Å². The molecule has 3 aromatic carbocycles. The van der Waals surface area contributed by atoms with Gasteiger partial charge in [0.15, 0.2) is 0 Å². The third kappa shape index (κ3) is 7.04. The number of halogens is 1. The number of nitrogens with zero attached hydrogens (tertiary/aromatic N) is 1. The van der Waals surface area contributed by atoms with Crippen LogP contribution in [-0.2, 0) is 16.0 Å². The SMILES string of the molecule is COC(=O)c1ccc(OCC2CCCN2C(=O)Cc2ccc(NC(=O)Nc3ccccc3C)c(OC)c2)c(Cl)c1. The Kier molecular flexibility index (Phi) is 9.50. The number of urea groups is 1. The highest BCUT2D eigenvalue weighted by atomic mass is 35.5. The predicted octanol–water partition coefficient (Wildman–Crippen LogP) is 5.70. The lowest BCUT2D eigenvalue weighted by Crippen LogP contribution is -2.39. The molecule has 210 valence electrons. The maximum atomic E-state index is 13.2. The molecule has 1 aliphatic heterocycles. The fourth-order valence-electron chi connectivity index (χ4n) is 4.60. The normalized spacial score (nSPS) is 14.4. The number of anilines is 2. The number of carbonyl (C=O) groups is 3. The molecule has 1 atom stereocenters. The van der Waals surface area contributed by atoms with Gasteiger partial charge in [-0.3, -0.25) is 4.79 Å². The van der Waals surface area contributed by atoms with Gasteiger partial charge in [0.25, 0.3) is 0 Å². The van der Waals surface area contributed by atoms with Crippen molar-refractivity contribution in [1.82, 2.24) is 4.90 Å². The van der Waals surface area contributed by atoms with Crippen LogP contribution in [0.4, 0.5) is 16.2 Å². The molecular formula is C30H32ClN3O6. The van der Waals surface area contributed by atoms with Gasteiger partial charge in [-0.25, -0.2) is 9.59 Å². The predicted molar refractivity (Wildman–Crippen MR) is 154 cm³/mol. The van der Waals surface area contributed by atoms with E-state index in [0.717, 1.165) is 24.0 Å². The van der Waals surface area contributed by atoms with Gasteiger partial charge in [0, 0.05) is 12.2 Å². The average molecular weight is 566 g/mol. The average Bonchev–Trinajstić information content (AvgIpc) is 3.43. The van der Waals surface area contributed by atoms with Crippen molar-refractivity contribution in [2.24, 2.45) is 0 Å². The summed E-state index contributed by atoms with van der Waals surface area (Å²) in [5, 5.41) is 5.93. The number of hydrogen-bond acceptors (Lipinski definition) is 6. The van der Waals surface area contributed by atoms with Gasteiger partial charge < -0.3 is 29.7 Å². The van der Waals surface area contributed by atoms with E-state index in [9.17, 15) is 14.4 Å². The van der Waals surface area contributed by atoms with E-state index in [4.69, 9.17) is 25.8 Å². The highest BCUT2D eigenvalue weighted by Gasteiger charge is 2.29. The van der Waals surface area contributed by atoms with Gasteiger partial charge in [-0.2, -0.15) is 0 Å². The number of esters is 1. The Morgan fingerprint density at radius 1 is 0.975 bits per heavy atom. The largest absolute Gasteiger partial charge is 0.495 e. The topological polar surface area (TPSA) is 106 Å². The summed E-state index contributed by atoms with van der Waals surface area (Å²) in [5.74, 6) is 0.384. The molecule has 10 heteroatoms. The number of rotatable bonds is 9. The number of carbonyl (C=O) groups excluding carboxylic acids is 3. The summed E-state index contributed by atoms with van der Waals surface area (Å²) in [6.45, 7) is 2.83. The van der Waals surface area contributed by atoms with Gasteiger partial charge >= 0.3 is 12.0 Å². The second-order valence-electron chi connectivity index (χ2n) is 9.44. The molecule has 4 rings (SSSR count). The first-order valence-corrected chi connectivity index (χ1v) is 13.3. The molecule has 0 spiro atoms. The van der Waals surface area contributed by atoms with Crippen LogP contribution in [0.25, 0.3) is 0 Å². The maximum absolute atomic E-state index is 13.2. The zero-order chi connectivity index (χ0) is 28.6. The second kappa shape index (κ2) is 13.2. The molecule has 3 amide bonds. The van der Waals surface area contributed by atoms with E-state index in [-0.39, 0.29) is 25.0 Å². The Morgan fingerprint density at radius 3 is 2.48 bits per heavy atom. The molecule has 0 aliphatic carbocycles. The lowest BCUT2D eigenvalue weighted by Gasteiger charge is -2.25. The highest BCUT2D eigenvalue weighted by molar-refractivity contribution is 6.32. The monoisotopic (exact) mass is 565 g/mol. The van der Waals surface area contributed by atoms with E-state index in [2.05, 4.69) is 10.6 Å². The molecule has 1 aliphatic rings. The first kappa shape index (κ1) is 28.8. The van der Waals surface area contributed by atoms with E-state index in [0.29, 0.717) is 40.0 Å². The maximum Gasteiger partial charge on any atom is 0.337 e. The van der Waals surface area contributed by atoms with E-state index >= 15 is 0 Å². The van der Waals surface area contributed by atoms with Gasteiger partial charge in [-0.05, 0) is 67.3 Å². The number of methoxy groups -OCH3 is 2. The van der Waals surface area contributed by atoms with Crippen molar-refractivity contribution < 1.29 is 28.6 Å². The fourth-order valence-corrected chi connectivity index (χ4v) is 4.84. The van der Waals surface area contributed by atoms with Crippen molar-refractivity contribution in [3.05, 3.63) is 82.4 Å². The van der Waals surface area contributed by atoms with Crippen LogP contribution in [0.5, 0.6) is 11.5 Å². The summed E-state index contributed by atoms with van der Waals surface area (Å²) in [7, 11) is 2.82. The number of benzene rings is 3. The minimum atomic E-state index is -0.480. The van der Waals surface area contributed by atoms with E-state index < -0.39 is 12.0 Å². The Hall–Kier alpha value is -4.24. The van der Waals surface area contributed by atoms with Crippen LogP contribution in [0, 0.1) is 6.92 Å². The van der Waals surface area contributed by atoms with Crippen LogP contribution in [0.2, 0.25) is 5.02 Å². The van der Waals surface area contributed by atoms with Crippen LogP contribution in [0.1, 0.15) is 34.3 Å². The smallest absolute Gasteiger partial charge is 0.337 e. The first-order chi connectivity index (χ1) is 19.3. The quantitative estimate of drug-likeness (QED) is 0.322. The molecule has 0 bridgehead atoms. The zero-order valence-corrected chi connectivity index (χ0v) is 23.4. The molecule has 40 heavy (non-hydrogen) atoms. The van der Waals surface area contributed by atoms with Crippen LogP contribution in [0.3, 0.4) is 0 Å². The number of hydrogen-bond donors (Lipinski definition) is 2. The Labute approximate surface area is 238 Å². The molecule has 1 unspecified atom stereocenters. The highest BCUT2D eigenvalue weighted by Crippen LogP contribution is 2.29. The van der Waals surface area contributed by atoms with Gasteiger partial charge in [0.2, 0.25) is 5.91 Å². The molecule has 3 aromatic rings. The summed E-state index contributed by atoms with van der Waals surface area (Å²) in [5.41, 5.74) is 3.25. The van der Waals surface area contributed by atoms with Crippen LogP contribution in [0.15, 0.2) is 60.7 Å². The lowest BCUT2D eigenvalue weighted by atomic mass is 10.1. The van der Waals surface area contributed by atoms with Crippen molar-refractivity contribution in [3.8, 4) is 11.5 Å². The molecular weight excluding hydrogens is 534 g/mol. The summed E-state index contributed by atoms with van der Waals surface area (Å²) in [6, 6.07) is 17.0. The van der Waals surface area contributed by atoms with E-state index in [1.807, 2.05) is 36.1 Å². The van der Waals surface area contributed by atoms with Crippen molar-refractivity contribution in [2.75, 3.05) is 38.0 Å².